The fourth-order valence-electron chi connectivity index (χ4n) is 2.58. The quantitative estimate of drug-likeness (QED) is 0.426. The van der Waals surface area contributed by atoms with Crippen LogP contribution in [0.15, 0.2) is 53.7 Å². The number of thioether (sulfide) groups is 1. The molecular formula is C21H24N4O2S. The summed E-state index contributed by atoms with van der Waals surface area (Å²) in [6.45, 7) is 5.02. The lowest BCUT2D eigenvalue weighted by Crippen LogP contribution is -2.29. The molecule has 6 nitrogen and oxygen atoms in total. The molecule has 3 aromatic rings. The van der Waals surface area contributed by atoms with Crippen molar-refractivity contribution in [3.63, 3.8) is 0 Å². The van der Waals surface area contributed by atoms with Gasteiger partial charge in [-0.1, -0.05) is 55.1 Å². The van der Waals surface area contributed by atoms with Gasteiger partial charge in [0.05, 0.1) is 12.3 Å². The second-order valence-corrected chi connectivity index (χ2v) is 7.26. The van der Waals surface area contributed by atoms with Crippen molar-refractivity contribution in [2.45, 2.75) is 25.4 Å². The summed E-state index contributed by atoms with van der Waals surface area (Å²) in [6, 6.07) is 16.0. The Labute approximate surface area is 169 Å². The Morgan fingerprint density at radius 1 is 1.21 bits per heavy atom. The molecule has 0 fully saturated rings. The van der Waals surface area contributed by atoms with Crippen molar-refractivity contribution < 1.29 is 9.53 Å². The average Bonchev–Trinajstić information content (AvgIpc) is 3.19. The number of benzene rings is 2. The summed E-state index contributed by atoms with van der Waals surface area (Å²) in [6.07, 6.45) is 1.00. The number of hydrogen-bond donors (Lipinski definition) is 2. The molecule has 146 valence electrons. The molecule has 1 heterocycles. The second-order valence-electron chi connectivity index (χ2n) is 6.32. The van der Waals surface area contributed by atoms with Gasteiger partial charge >= 0.3 is 0 Å². The number of H-pyrrole nitrogens is 1. The van der Waals surface area contributed by atoms with E-state index < -0.39 is 0 Å². The Morgan fingerprint density at radius 3 is 2.79 bits per heavy atom. The molecule has 0 spiro atoms. The number of ether oxygens (including phenoxy) is 1. The van der Waals surface area contributed by atoms with Crippen molar-refractivity contribution in [3.05, 3.63) is 59.7 Å². The highest BCUT2D eigenvalue weighted by molar-refractivity contribution is 7.99. The largest absolute Gasteiger partial charge is 0.492 e. The van der Waals surface area contributed by atoms with Crippen LogP contribution in [-0.4, -0.2) is 40.0 Å². The van der Waals surface area contributed by atoms with Crippen molar-refractivity contribution >= 4 is 17.7 Å². The van der Waals surface area contributed by atoms with E-state index in [1.54, 1.807) is 0 Å². The molecule has 0 radical (unpaired) electrons. The minimum Gasteiger partial charge on any atom is -0.492 e. The highest BCUT2D eigenvalue weighted by Crippen LogP contribution is 2.19. The molecular weight excluding hydrogens is 372 g/mol. The van der Waals surface area contributed by atoms with Gasteiger partial charge in [0.2, 0.25) is 11.1 Å². The van der Waals surface area contributed by atoms with E-state index in [1.165, 1.54) is 17.3 Å². The number of hydrogen-bond acceptors (Lipinski definition) is 5. The maximum absolute atomic E-state index is 12.0. The first kappa shape index (κ1) is 19.9. The Kier molecular flexibility index (Phi) is 7.08. The van der Waals surface area contributed by atoms with Crippen LogP contribution in [0.3, 0.4) is 0 Å². The number of aryl methyl sites for hydroxylation is 2. The van der Waals surface area contributed by atoms with Gasteiger partial charge in [0.15, 0.2) is 5.82 Å². The molecule has 0 bridgehead atoms. The van der Waals surface area contributed by atoms with Crippen LogP contribution in [0.1, 0.15) is 18.1 Å². The highest BCUT2D eigenvalue weighted by Gasteiger charge is 2.09. The molecule has 2 N–H and O–H groups in total. The lowest BCUT2D eigenvalue weighted by atomic mass is 10.1. The Morgan fingerprint density at radius 2 is 2.04 bits per heavy atom. The number of nitrogens with zero attached hydrogens (tertiary/aromatic N) is 2. The normalized spacial score (nSPS) is 10.6. The van der Waals surface area contributed by atoms with Gasteiger partial charge in [0.1, 0.15) is 12.4 Å². The van der Waals surface area contributed by atoms with Gasteiger partial charge in [-0.2, -0.15) is 0 Å². The van der Waals surface area contributed by atoms with E-state index in [-0.39, 0.29) is 11.7 Å². The Balaban J connectivity index is 1.39. The minimum absolute atomic E-state index is 0.0727. The molecule has 0 unspecified atom stereocenters. The predicted molar refractivity (Wildman–Crippen MR) is 112 cm³/mol. The molecule has 0 aliphatic heterocycles. The molecule has 0 saturated heterocycles. The van der Waals surface area contributed by atoms with Crippen molar-refractivity contribution in [2.75, 3.05) is 18.9 Å². The lowest BCUT2D eigenvalue weighted by molar-refractivity contribution is -0.118. The molecule has 7 heteroatoms. The van der Waals surface area contributed by atoms with Gasteiger partial charge < -0.3 is 10.1 Å². The zero-order chi connectivity index (χ0) is 19.8. The summed E-state index contributed by atoms with van der Waals surface area (Å²) in [5.41, 5.74) is 3.40. The zero-order valence-electron chi connectivity index (χ0n) is 16.1. The number of amides is 1. The van der Waals surface area contributed by atoms with Crippen molar-refractivity contribution in [1.29, 1.82) is 0 Å². The van der Waals surface area contributed by atoms with Crippen LogP contribution < -0.4 is 10.1 Å². The zero-order valence-corrected chi connectivity index (χ0v) is 16.9. The lowest BCUT2D eigenvalue weighted by Gasteiger charge is -2.07. The molecule has 28 heavy (non-hydrogen) atoms. The van der Waals surface area contributed by atoms with Gasteiger partial charge in [-0.25, -0.2) is 4.98 Å². The average molecular weight is 397 g/mol. The van der Waals surface area contributed by atoms with E-state index in [9.17, 15) is 4.79 Å². The maximum atomic E-state index is 12.0. The van der Waals surface area contributed by atoms with E-state index in [0.717, 1.165) is 23.3 Å². The second kappa shape index (κ2) is 9.94. The van der Waals surface area contributed by atoms with Crippen LogP contribution in [0.5, 0.6) is 5.75 Å². The summed E-state index contributed by atoms with van der Waals surface area (Å²) in [5.74, 6) is 1.70. The Hall–Kier alpha value is -2.80. The van der Waals surface area contributed by atoms with E-state index >= 15 is 0 Å². The third-order valence-corrected chi connectivity index (χ3v) is 4.96. The first-order valence-electron chi connectivity index (χ1n) is 9.24. The summed E-state index contributed by atoms with van der Waals surface area (Å²) in [5, 5.41) is 10.5. The summed E-state index contributed by atoms with van der Waals surface area (Å²) >= 11 is 1.30. The number of carbonyl (C=O) groups is 1. The van der Waals surface area contributed by atoms with Crippen LogP contribution in [0.25, 0.3) is 11.4 Å². The molecule has 0 saturated carbocycles. The molecule has 1 amide bonds. The summed E-state index contributed by atoms with van der Waals surface area (Å²) in [4.78, 5) is 16.4. The van der Waals surface area contributed by atoms with Crippen LogP contribution in [0.4, 0.5) is 0 Å². The fraction of sp³-hybridized carbons (Fsp3) is 0.286. The van der Waals surface area contributed by atoms with Crippen LogP contribution in [0.2, 0.25) is 0 Å². The van der Waals surface area contributed by atoms with Crippen molar-refractivity contribution in [3.8, 4) is 17.1 Å². The third kappa shape index (κ3) is 5.85. The number of nitrogens with one attached hydrogen (secondary N) is 2. The van der Waals surface area contributed by atoms with Crippen molar-refractivity contribution in [2.24, 2.45) is 0 Å². The topological polar surface area (TPSA) is 79.9 Å². The SMILES string of the molecule is CCc1ccc(-c2nc(SCC(=O)NCCOc3cccc(C)c3)n[nH]2)cc1. The van der Waals surface area contributed by atoms with E-state index in [1.807, 2.05) is 43.3 Å². The highest BCUT2D eigenvalue weighted by atomic mass is 32.2. The van der Waals surface area contributed by atoms with Crippen molar-refractivity contribution in [1.82, 2.24) is 20.5 Å². The molecule has 2 aromatic carbocycles. The molecule has 1 aromatic heterocycles. The third-order valence-electron chi connectivity index (χ3n) is 4.12. The van der Waals surface area contributed by atoms with Gasteiger partial charge in [0.25, 0.3) is 0 Å². The standard InChI is InChI=1S/C21H24N4O2S/c1-3-16-7-9-17(10-8-16)20-23-21(25-24-20)28-14-19(26)22-11-12-27-18-6-4-5-15(2)13-18/h4-10,13H,3,11-12,14H2,1-2H3,(H,22,26)(H,23,24,25). The van der Waals surface area contributed by atoms with Gasteiger partial charge in [-0.15, -0.1) is 5.10 Å². The summed E-state index contributed by atoms with van der Waals surface area (Å²) in [7, 11) is 0. The Bertz CT molecular complexity index is 909. The first-order valence-corrected chi connectivity index (χ1v) is 10.2. The van der Waals surface area contributed by atoms with Crippen LogP contribution in [-0.2, 0) is 11.2 Å². The number of carbonyl (C=O) groups excluding carboxylic acids is 1. The number of aromatic nitrogens is 3. The van der Waals surface area contributed by atoms with E-state index in [2.05, 4.69) is 39.6 Å². The summed E-state index contributed by atoms with van der Waals surface area (Å²) < 4.78 is 5.62. The van der Waals surface area contributed by atoms with E-state index in [4.69, 9.17) is 4.74 Å². The van der Waals surface area contributed by atoms with Gasteiger partial charge in [0, 0.05) is 5.56 Å². The molecule has 0 aliphatic rings. The molecule has 0 atom stereocenters. The fourth-order valence-corrected chi connectivity index (χ4v) is 3.21. The molecule has 3 rings (SSSR count). The van der Waals surface area contributed by atoms with E-state index in [0.29, 0.717) is 24.1 Å². The van der Waals surface area contributed by atoms with Gasteiger partial charge in [-0.3, -0.25) is 9.89 Å². The maximum Gasteiger partial charge on any atom is 0.230 e. The van der Waals surface area contributed by atoms with Gasteiger partial charge in [-0.05, 0) is 36.6 Å². The number of rotatable bonds is 9. The molecule has 0 aliphatic carbocycles. The monoisotopic (exact) mass is 396 g/mol. The van der Waals surface area contributed by atoms with Crippen LogP contribution in [0, 0.1) is 6.92 Å². The predicted octanol–water partition coefficient (Wildman–Crippen LogP) is 3.63. The first-order chi connectivity index (χ1) is 13.6. The smallest absolute Gasteiger partial charge is 0.230 e. The van der Waals surface area contributed by atoms with Crippen LogP contribution >= 0.6 is 11.8 Å². The minimum atomic E-state index is -0.0727. The number of aromatic amines is 1.